The van der Waals surface area contributed by atoms with Gasteiger partial charge < -0.3 is 18.5 Å². The van der Waals surface area contributed by atoms with E-state index < -0.39 is 0 Å². The molecule has 0 saturated heterocycles. The summed E-state index contributed by atoms with van der Waals surface area (Å²) in [7, 11) is 0. The van der Waals surface area contributed by atoms with Gasteiger partial charge in [-0.15, -0.1) is 0 Å². The standard InChI is InChI=1S/C56H35N3O/c1-6-16-50-44(11-1)45-12-2-7-17-51(45)58(50)40-28-24-38(25-29-40)57(39-26-30-41(31-27-39)59-52-18-8-3-13-46(52)47-14-4-9-19-53(47)59)42-32-34-43-37(35-42)22-21-36-23-33-49-48-15-5-10-20-54(48)60-56(49)55(36)43/h1-35H. The normalized spacial score (nSPS) is 12.0. The maximum atomic E-state index is 6.57. The Labute approximate surface area is 345 Å². The number of fused-ring (bicyclic) bond motifs is 13. The SMILES string of the molecule is c1ccc2c(c1)oc1c2ccc2ccc3cc(N(c4ccc(-n5c6ccccc6c6ccccc65)cc4)c4ccc(-n5c6ccccc6c6ccccc65)cc4)ccc3c21. The van der Waals surface area contributed by atoms with E-state index in [0.29, 0.717) is 0 Å². The van der Waals surface area contributed by atoms with Crippen molar-refractivity contribution in [1.29, 1.82) is 0 Å². The van der Waals surface area contributed by atoms with Gasteiger partial charge in [0.1, 0.15) is 11.2 Å². The van der Waals surface area contributed by atoms with E-state index in [1.807, 2.05) is 6.07 Å². The fourth-order valence-corrected chi connectivity index (χ4v) is 9.81. The van der Waals surface area contributed by atoms with Gasteiger partial charge in [-0.1, -0.05) is 115 Å². The lowest BCUT2D eigenvalue weighted by Crippen LogP contribution is -2.10. The van der Waals surface area contributed by atoms with Gasteiger partial charge in [-0.05, 0) is 113 Å². The van der Waals surface area contributed by atoms with Crippen molar-refractivity contribution in [3.8, 4) is 11.4 Å². The highest BCUT2D eigenvalue weighted by Gasteiger charge is 2.19. The van der Waals surface area contributed by atoms with Gasteiger partial charge in [-0.3, -0.25) is 0 Å². The van der Waals surface area contributed by atoms with Crippen LogP contribution in [0, 0.1) is 0 Å². The Balaban J connectivity index is 0.985. The number of hydrogen-bond acceptors (Lipinski definition) is 2. The van der Waals surface area contributed by atoms with Gasteiger partial charge in [0, 0.05) is 66.1 Å². The van der Waals surface area contributed by atoms with Gasteiger partial charge in [0.15, 0.2) is 0 Å². The Morgan fingerprint density at radius 1 is 0.317 bits per heavy atom. The third-order valence-electron chi connectivity index (χ3n) is 12.5. The lowest BCUT2D eigenvalue weighted by molar-refractivity contribution is 0.673. The quantitative estimate of drug-likeness (QED) is 0.163. The predicted octanol–water partition coefficient (Wildman–Crippen LogP) is 15.6. The second-order valence-corrected chi connectivity index (χ2v) is 15.7. The van der Waals surface area contributed by atoms with Crippen LogP contribution in [0.25, 0.3) is 98.5 Å². The number of rotatable bonds is 5. The van der Waals surface area contributed by atoms with Crippen molar-refractivity contribution >= 4 is 104 Å². The van der Waals surface area contributed by atoms with Crippen molar-refractivity contribution in [2.45, 2.75) is 0 Å². The van der Waals surface area contributed by atoms with Gasteiger partial charge in [-0.25, -0.2) is 0 Å². The fraction of sp³-hybridized carbons (Fsp3) is 0. The van der Waals surface area contributed by atoms with Crippen LogP contribution in [0.3, 0.4) is 0 Å². The summed E-state index contributed by atoms with van der Waals surface area (Å²) in [4.78, 5) is 2.37. The zero-order valence-electron chi connectivity index (χ0n) is 32.5. The maximum absolute atomic E-state index is 6.57. The minimum absolute atomic E-state index is 0.911. The minimum Gasteiger partial charge on any atom is -0.455 e. The summed E-state index contributed by atoms with van der Waals surface area (Å²) in [6, 6.07) is 76.8. The van der Waals surface area contributed by atoms with Crippen molar-refractivity contribution < 1.29 is 4.42 Å². The first-order chi connectivity index (χ1) is 29.8. The number of para-hydroxylation sites is 5. The Morgan fingerprint density at radius 2 is 0.733 bits per heavy atom. The van der Waals surface area contributed by atoms with Crippen LogP contribution in [0.2, 0.25) is 0 Å². The third-order valence-corrected chi connectivity index (χ3v) is 12.5. The van der Waals surface area contributed by atoms with E-state index in [4.69, 9.17) is 4.42 Å². The number of aromatic nitrogens is 2. The molecule has 3 aromatic heterocycles. The molecule has 10 aromatic carbocycles. The van der Waals surface area contributed by atoms with Crippen LogP contribution in [-0.4, -0.2) is 9.13 Å². The van der Waals surface area contributed by atoms with Crippen LogP contribution in [0.15, 0.2) is 217 Å². The lowest BCUT2D eigenvalue weighted by Gasteiger charge is -2.26. The first-order valence-electron chi connectivity index (χ1n) is 20.5. The molecule has 0 bridgehead atoms. The highest BCUT2D eigenvalue weighted by molar-refractivity contribution is 6.23. The Bertz CT molecular complexity index is 3570. The molecule has 0 fully saturated rings. The van der Waals surface area contributed by atoms with Crippen molar-refractivity contribution in [3.05, 3.63) is 212 Å². The number of nitrogens with zero attached hydrogens (tertiary/aromatic N) is 3. The van der Waals surface area contributed by atoms with Crippen LogP contribution in [-0.2, 0) is 0 Å². The zero-order valence-corrected chi connectivity index (χ0v) is 32.5. The van der Waals surface area contributed by atoms with Gasteiger partial charge >= 0.3 is 0 Å². The summed E-state index contributed by atoms with van der Waals surface area (Å²) in [6.07, 6.45) is 0. The molecule has 0 saturated carbocycles. The van der Waals surface area contributed by atoms with Gasteiger partial charge in [0.05, 0.1) is 22.1 Å². The molecule has 0 spiro atoms. The van der Waals surface area contributed by atoms with E-state index >= 15 is 0 Å². The number of furan rings is 1. The largest absolute Gasteiger partial charge is 0.455 e. The van der Waals surface area contributed by atoms with E-state index in [2.05, 4.69) is 220 Å². The fourth-order valence-electron chi connectivity index (χ4n) is 9.81. The molecule has 280 valence electrons. The van der Waals surface area contributed by atoms with E-state index in [-0.39, 0.29) is 0 Å². The molecule has 0 aliphatic rings. The first-order valence-corrected chi connectivity index (χ1v) is 20.5. The van der Waals surface area contributed by atoms with Gasteiger partial charge in [0.25, 0.3) is 0 Å². The molecule has 0 atom stereocenters. The van der Waals surface area contributed by atoms with E-state index in [1.54, 1.807) is 0 Å². The molecule has 60 heavy (non-hydrogen) atoms. The molecule has 0 amide bonds. The second-order valence-electron chi connectivity index (χ2n) is 15.7. The van der Waals surface area contributed by atoms with Crippen molar-refractivity contribution in [2.24, 2.45) is 0 Å². The van der Waals surface area contributed by atoms with Crippen LogP contribution in [0.5, 0.6) is 0 Å². The Hall–Kier alpha value is -8.08. The second kappa shape index (κ2) is 12.7. The monoisotopic (exact) mass is 765 g/mol. The molecule has 0 N–H and O–H groups in total. The van der Waals surface area contributed by atoms with Crippen molar-refractivity contribution in [3.63, 3.8) is 0 Å². The summed E-state index contributed by atoms with van der Waals surface area (Å²) >= 11 is 0. The van der Waals surface area contributed by atoms with Crippen molar-refractivity contribution in [2.75, 3.05) is 4.90 Å². The summed E-state index contributed by atoms with van der Waals surface area (Å²) in [5.74, 6) is 0. The zero-order chi connectivity index (χ0) is 39.3. The Kier molecular flexibility index (Phi) is 6.98. The van der Waals surface area contributed by atoms with Gasteiger partial charge in [-0.2, -0.15) is 0 Å². The highest BCUT2D eigenvalue weighted by Crippen LogP contribution is 2.42. The average molecular weight is 766 g/mol. The molecule has 0 aliphatic carbocycles. The molecule has 3 heterocycles. The average Bonchev–Trinajstić information content (AvgIpc) is 3.98. The highest BCUT2D eigenvalue weighted by atomic mass is 16.3. The molecular formula is C56H35N3O. The van der Waals surface area contributed by atoms with E-state index in [9.17, 15) is 0 Å². The lowest BCUT2D eigenvalue weighted by atomic mass is 9.98. The molecule has 13 rings (SSSR count). The number of hydrogen-bond donors (Lipinski definition) is 0. The third kappa shape index (κ3) is 4.79. The van der Waals surface area contributed by atoms with Crippen LogP contribution >= 0.6 is 0 Å². The van der Waals surface area contributed by atoms with Crippen LogP contribution in [0.1, 0.15) is 0 Å². The predicted molar refractivity (Wildman–Crippen MR) is 252 cm³/mol. The first kappa shape index (κ1) is 32.9. The van der Waals surface area contributed by atoms with E-state index in [1.165, 1.54) is 54.4 Å². The summed E-state index contributed by atoms with van der Waals surface area (Å²) in [5.41, 5.74) is 12.1. The minimum atomic E-state index is 0.911. The molecular weight excluding hydrogens is 731 g/mol. The topological polar surface area (TPSA) is 26.2 Å². The molecule has 13 aromatic rings. The van der Waals surface area contributed by atoms with Crippen molar-refractivity contribution in [1.82, 2.24) is 9.13 Å². The van der Waals surface area contributed by atoms with Gasteiger partial charge in [0.2, 0.25) is 0 Å². The summed E-state index contributed by atoms with van der Waals surface area (Å²) < 4.78 is 11.3. The van der Waals surface area contributed by atoms with Crippen LogP contribution in [0.4, 0.5) is 17.1 Å². The molecule has 0 unspecified atom stereocenters. The maximum Gasteiger partial charge on any atom is 0.143 e. The van der Waals surface area contributed by atoms with E-state index in [0.717, 1.165) is 61.1 Å². The molecule has 4 heteroatoms. The summed E-state index contributed by atoms with van der Waals surface area (Å²) in [5, 5.41) is 11.9. The molecule has 0 radical (unpaired) electrons. The number of anilines is 3. The van der Waals surface area contributed by atoms with Crippen LogP contribution < -0.4 is 4.90 Å². The molecule has 0 aliphatic heterocycles. The smallest absolute Gasteiger partial charge is 0.143 e. The number of benzene rings is 10. The molecule has 4 nitrogen and oxygen atoms in total. The Morgan fingerprint density at radius 3 is 1.27 bits per heavy atom. The summed E-state index contributed by atoms with van der Waals surface area (Å²) in [6.45, 7) is 0.